The summed E-state index contributed by atoms with van der Waals surface area (Å²) in [5, 5.41) is 9.45. The first-order chi connectivity index (χ1) is 13.1. The molecule has 3 heterocycles. The molecule has 27 heavy (non-hydrogen) atoms. The Bertz CT molecular complexity index is 965. The van der Waals surface area contributed by atoms with Crippen LogP contribution < -0.4 is 10.6 Å². The number of anilines is 1. The molecule has 0 aliphatic carbocycles. The number of pyridine rings is 1. The van der Waals surface area contributed by atoms with Crippen molar-refractivity contribution in [1.29, 1.82) is 0 Å². The largest absolute Gasteiger partial charge is 0.443 e. The molecule has 7 nitrogen and oxygen atoms in total. The summed E-state index contributed by atoms with van der Waals surface area (Å²) in [5.74, 6) is -0.475. The molecule has 1 aliphatic rings. The number of carbonyl (C=O) groups excluding carboxylic acids is 1. The maximum Gasteiger partial charge on any atom is 0.414 e. The third kappa shape index (κ3) is 3.64. The second-order valence-electron chi connectivity index (χ2n) is 6.02. The number of hydrogen-bond donors (Lipinski definition) is 1. The van der Waals surface area contributed by atoms with Gasteiger partial charge in [-0.25, -0.2) is 9.18 Å². The van der Waals surface area contributed by atoms with Crippen LogP contribution in [-0.4, -0.2) is 40.5 Å². The van der Waals surface area contributed by atoms with Gasteiger partial charge in [-0.15, -0.1) is 10.2 Å². The van der Waals surface area contributed by atoms with Crippen molar-refractivity contribution in [3.63, 3.8) is 0 Å². The number of amides is 1. The van der Waals surface area contributed by atoms with E-state index in [1.54, 1.807) is 18.3 Å². The zero-order valence-electron chi connectivity index (χ0n) is 14.2. The third-order valence-corrected chi connectivity index (χ3v) is 5.11. The van der Waals surface area contributed by atoms with Gasteiger partial charge in [-0.1, -0.05) is 17.4 Å². The van der Waals surface area contributed by atoms with Crippen LogP contribution >= 0.6 is 11.3 Å². The van der Waals surface area contributed by atoms with Gasteiger partial charge in [0.25, 0.3) is 0 Å². The van der Waals surface area contributed by atoms with E-state index < -0.39 is 11.9 Å². The highest BCUT2D eigenvalue weighted by molar-refractivity contribution is 7.14. The van der Waals surface area contributed by atoms with Gasteiger partial charge in [-0.3, -0.25) is 9.88 Å². The molecular formula is C18H16FN5O2S. The van der Waals surface area contributed by atoms with E-state index in [4.69, 9.17) is 10.5 Å². The number of cyclic esters (lactones) is 1. The normalized spacial score (nSPS) is 16.6. The lowest BCUT2D eigenvalue weighted by molar-refractivity contribution is 0.145. The third-order valence-electron chi connectivity index (χ3n) is 4.16. The molecule has 9 heteroatoms. The van der Waals surface area contributed by atoms with Gasteiger partial charge in [0.15, 0.2) is 5.01 Å². The molecule has 1 fully saturated rings. The van der Waals surface area contributed by atoms with Gasteiger partial charge in [0.1, 0.15) is 16.9 Å². The molecule has 0 unspecified atom stereocenters. The Morgan fingerprint density at radius 3 is 2.89 bits per heavy atom. The van der Waals surface area contributed by atoms with E-state index in [9.17, 15) is 9.18 Å². The SMILES string of the molecule is NC[C@H]1CN(c2ccc(-c3nnc(Cc4ccccn4)s3)c(F)c2)C(=O)O1. The summed E-state index contributed by atoms with van der Waals surface area (Å²) in [6.07, 6.45) is 1.36. The van der Waals surface area contributed by atoms with Gasteiger partial charge < -0.3 is 10.5 Å². The first kappa shape index (κ1) is 17.5. The van der Waals surface area contributed by atoms with Crippen molar-refractivity contribution in [1.82, 2.24) is 15.2 Å². The van der Waals surface area contributed by atoms with Crippen LogP contribution in [0.3, 0.4) is 0 Å². The molecular weight excluding hydrogens is 369 g/mol. The highest BCUT2D eigenvalue weighted by atomic mass is 32.1. The maximum atomic E-state index is 14.7. The van der Waals surface area contributed by atoms with Crippen LogP contribution in [0.1, 0.15) is 10.7 Å². The molecule has 1 amide bonds. The Labute approximate surface area is 158 Å². The molecule has 138 valence electrons. The molecule has 4 rings (SSSR count). The van der Waals surface area contributed by atoms with Crippen LogP contribution in [0.5, 0.6) is 0 Å². The number of nitrogens with zero attached hydrogens (tertiary/aromatic N) is 4. The molecule has 3 aromatic rings. The Morgan fingerprint density at radius 1 is 1.30 bits per heavy atom. The van der Waals surface area contributed by atoms with E-state index >= 15 is 0 Å². The molecule has 0 radical (unpaired) electrons. The van der Waals surface area contributed by atoms with Crippen LogP contribution in [0.15, 0.2) is 42.6 Å². The molecule has 2 N–H and O–H groups in total. The summed E-state index contributed by atoms with van der Waals surface area (Å²) in [6, 6.07) is 10.2. The van der Waals surface area contributed by atoms with E-state index in [0.29, 0.717) is 29.2 Å². The fourth-order valence-corrected chi connectivity index (χ4v) is 3.67. The molecule has 2 aromatic heterocycles. The predicted molar refractivity (Wildman–Crippen MR) is 99.0 cm³/mol. The van der Waals surface area contributed by atoms with Gasteiger partial charge in [-0.2, -0.15) is 0 Å². The van der Waals surface area contributed by atoms with Gasteiger partial charge in [0, 0.05) is 30.4 Å². The average Bonchev–Trinajstić information content (AvgIpc) is 3.29. The summed E-state index contributed by atoms with van der Waals surface area (Å²) in [5.41, 5.74) is 7.17. The van der Waals surface area contributed by atoms with Gasteiger partial charge >= 0.3 is 6.09 Å². The van der Waals surface area contributed by atoms with Crippen LogP contribution in [0.25, 0.3) is 10.6 Å². The zero-order chi connectivity index (χ0) is 18.8. The number of hydrogen-bond acceptors (Lipinski definition) is 7. The number of ether oxygens (including phenoxy) is 1. The lowest BCUT2D eigenvalue weighted by Gasteiger charge is -2.13. The minimum absolute atomic E-state index is 0.229. The number of aromatic nitrogens is 3. The molecule has 1 saturated heterocycles. The van der Waals surface area contributed by atoms with Crippen molar-refractivity contribution >= 4 is 23.1 Å². The van der Waals surface area contributed by atoms with Crippen molar-refractivity contribution in [2.75, 3.05) is 18.0 Å². The predicted octanol–water partition coefficient (Wildman–Crippen LogP) is 2.61. The number of benzene rings is 1. The summed E-state index contributed by atoms with van der Waals surface area (Å²) in [7, 11) is 0. The molecule has 0 saturated carbocycles. The number of nitrogens with two attached hydrogens (primary N) is 1. The van der Waals surface area contributed by atoms with Crippen LogP contribution in [0.4, 0.5) is 14.9 Å². The van der Waals surface area contributed by atoms with Gasteiger partial charge in [0.05, 0.1) is 12.2 Å². The Hall–Kier alpha value is -2.91. The smallest absolute Gasteiger partial charge is 0.414 e. The monoisotopic (exact) mass is 385 g/mol. The first-order valence-electron chi connectivity index (χ1n) is 8.34. The van der Waals surface area contributed by atoms with E-state index in [-0.39, 0.29) is 12.6 Å². The van der Waals surface area contributed by atoms with Crippen molar-refractivity contribution in [3.8, 4) is 10.6 Å². The second-order valence-corrected chi connectivity index (χ2v) is 7.08. The quantitative estimate of drug-likeness (QED) is 0.726. The van der Waals surface area contributed by atoms with Gasteiger partial charge in [0.2, 0.25) is 0 Å². The highest BCUT2D eigenvalue weighted by Crippen LogP contribution is 2.31. The Morgan fingerprint density at radius 2 is 2.19 bits per heavy atom. The van der Waals surface area contributed by atoms with E-state index in [1.807, 2.05) is 18.2 Å². The van der Waals surface area contributed by atoms with E-state index in [2.05, 4.69) is 15.2 Å². The summed E-state index contributed by atoms with van der Waals surface area (Å²) in [4.78, 5) is 17.5. The molecule has 1 aliphatic heterocycles. The lowest BCUT2D eigenvalue weighted by atomic mass is 10.2. The zero-order valence-corrected chi connectivity index (χ0v) is 15.0. The molecule has 1 atom stereocenters. The second kappa shape index (κ2) is 7.37. The van der Waals surface area contributed by atoms with Crippen molar-refractivity contribution in [2.45, 2.75) is 12.5 Å². The van der Waals surface area contributed by atoms with Crippen molar-refractivity contribution < 1.29 is 13.9 Å². The lowest BCUT2D eigenvalue weighted by Crippen LogP contribution is -2.27. The van der Waals surface area contributed by atoms with E-state index in [1.165, 1.54) is 22.3 Å². The molecule has 1 aromatic carbocycles. The molecule has 0 spiro atoms. The average molecular weight is 385 g/mol. The summed E-state index contributed by atoms with van der Waals surface area (Å²) in [6.45, 7) is 0.536. The Kier molecular flexibility index (Phi) is 4.78. The van der Waals surface area contributed by atoms with Crippen LogP contribution in [0.2, 0.25) is 0 Å². The van der Waals surface area contributed by atoms with E-state index in [0.717, 1.165) is 10.7 Å². The van der Waals surface area contributed by atoms with Crippen LogP contribution in [0, 0.1) is 5.82 Å². The highest BCUT2D eigenvalue weighted by Gasteiger charge is 2.31. The number of carbonyl (C=O) groups is 1. The summed E-state index contributed by atoms with van der Waals surface area (Å²) >= 11 is 1.31. The Balaban J connectivity index is 1.54. The van der Waals surface area contributed by atoms with Crippen molar-refractivity contribution in [2.24, 2.45) is 5.73 Å². The minimum atomic E-state index is -0.522. The number of halogens is 1. The van der Waals surface area contributed by atoms with Crippen molar-refractivity contribution in [3.05, 3.63) is 59.1 Å². The van der Waals surface area contributed by atoms with Gasteiger partial charge in [-0.05, 0) is 30.3 Å². The summed E-state index contributed by atoms with van der Waals surface area (Å²) < 4.78 is 19.8. The molecule has 0 bridgehead atoms. The fourth-order valence-electron chi connectivity index (χ4n) is 2.79. The standard InChI is InChI=1S/C18H16FN5O2S/c19-15-8-12(24-10-13(9-20)26-18(24)25)4-5-14(15)17-23-22-16(27-17)7-11-3-1-2-6-21-11/h1-6,8,13H,7,9-10,20H2/t13-/m0/s1. The topological polar surface area (TPSA) is 94.2 Å². The minimum Gasteiger partial charge on any atom is -0.443 e. The van der Waals surface area contributed by atoms with Crippen LogP contribution in [-0.2, 0) is 11.2 Å². The fraction of sp³-hybridized carbons (Fsp3) is 0.222. The maximum absolute atomic E-state index is 14.7. The number of rotatable bonds is 5. The first-order valence-corrected chi connectivity index (χ1v) is 9.16.